The van der Waals surface area contributed by atoms with Gasteiger partial charge >= 0.3 is 0 Å². The summed E-state index contributed by atoms with van der Waals surface area (Å²) in [5.74, 6) is 1.27. The summed E-state index contributed by atoms with van der Waals surface area (Å²) in [6.07, 6.45) is 5.84. The summed E-state index contributed by atoms with van der Waals surface area (Å²) in [5, 5.41) is 12.4. The molecule has 3 aromatic rings. The fraction of sp³-hybridized carbons (Fsp3) is 0.409. The lowest BCUT2D eigenvalue weighted by Gasteiger charge is -2.22. The molecule has 0 saturated carbocycles. The molecule has 29 heavy (non-hydrogen) atoms. The molecule has 0 aliphatic carbocycles. The summed E-state index contributed by atoms with van der Waals surface area (Å²) in [6, 6.07) is 10.2. The van der Waals surface area contributed by atoms with Crippen LogP contribution in [-0.2, 0) is 20.1 Å². The van der Waals surface area contributed by atoms with Gasteiger partial charge in [0.25, 0.3) is 0 Å². The van der Waals surface area contributed by atoms with Gasteiger partial charge in [-0.25, -0.2) is 9.67 Å². The van der Waals surface area contributed by atoms with Gasteiger partial charge < -0.3 is 10.2 Å². The predicted octanol–water partition coefficient (Wildman–Crippen LogP) is 3.33. The number of hydrogen-bond donors (Lipinski definition) is 1. The molecule has 0 saturated heterocycles. The highest BCUT2D eigenvalue weighted by Gasteiger charge is 2.15. The van der Waals surface area contributed by atoms with Crippen molar-refractivity contribution in [3.05, 3.63) is 65.7 Å². The van der Waals surface area contributed by atoms with E-state index in [1.54, 1.807) is 6.20 Å². The van der Waals surface area contributed by atoms with Gasteiger partial charge in [0.1, 0.15) is 0 Å². The normalized spacial score (nSPS) is 11.9. The molecule has 2 aromatic heterocycles. The van der Waals surface area contributed by atoms with Gasteiger partial charge in [0, 0.05) is 51.3 Å². The molecule has 1 N–H and O–H groups in total. The number of aliphatic imine (C=N–C) groups is 1. The molecule has 7 nitrogen and oxygen atoms in total. The maximum Gasteiger partial charge on any atom is 0.194 e. The number of guanidine groups is 1. The van der Waals surface area contributed by atoms with E-state index >= 15 is 0 Å². The Morgan fingerprint density at radius 3 is 2.69 bits per heavy atom. The van der Waals surface area contributed by atoms with Gasteiger partial charge in [0.15, 0.2) is 5.96 Å². The lowest BCUT2D eigenvalue weighted by molar-refractivity contribution is 0.473. The highest BCUT2D eigenvalue weighted by atomic mass is 15.3. The van der Waals surface area contributed by atoms with E-state index < -0.39 is 0 Å². The van der Waals surface area contributed by atoms with E-state index in [0.717, 1.165) is 36.0 Å². The smallest absolute Gasteiger partial charge is 0.194 e. The van der Waals surface area contributed by atoms with Gasteiger partial charge in [-0.1, -0.05) is 32.0 Å². The van der Waals surface area contributed by atoms with E-state index in [1.807, 2.05) is 40.8 Å². The Bertz CT molecular complexity index is 938. The van der Waals surface area contributed by atoms with E-state index in [2.05, 4.69) is 66.6 Å². The average molecular weight is 394 g/mol. The molecular formula is C22H31N7. The molecular weight excluding hydrogens is 362 g/mol. The number of nitrogens with zero attached hydrogens (tertiary/aromatic N) is 6. The van der Waals surface area contributed by atoms with Crippen LogP contribution in [0, 0.1) is 0 Å². The molecule has 3 rings (SSSR count). The molecule has 0 aliphatic heterocycles. The van der Waals surface area contributed by atoms with E-state index in [-0.39, 0.29) is 0 Å². The van der Waals surface area contributed by atoms with Crippen LogP contribution in [0.1, 0.15) is 43.5 Å². The number of rotatable bonds is 7. The van der Waals surface area contributed by atoms with Crippen molar-refractivity contribution < 1.29 is 0 Å². The lowest BCUT2D eigenvalue weighted by Crippen LogP contribution is -2.38. The molecule has 0 radical (unpaired) electrons. The first kappa shape index (κ1) is 20.6. The van der Waals surface area contributed by atoms with Crippen LogP contribution in [0.25, 0.3) is 5.69 Å². The molecule has 0 aliphatic rings. The van der Waals surface area contributed by atoms with Crippen LogP contribution in [0.5, 0.6) is 0 Å². The van der Waals surface area contributed by atoms with Crippen molar-refractivity contribution >= 4 is 5.96 Å². The number of benzene rings is 1. The van der Waals surface area contributed by atoms with Crippen LogP contribution < -0.4 is 5.32 Å². The van der Waals surface area contributed by atoms with Gasteiger partial charge in [-0.15, -0.1) is 0 Å². The number of aromatic nitrogens is 4. The predicted molar refractivity (Wildman–Crippen MR) is 117 cm³/mol. The van der Waals surface area contributed by atoms with Gasteiger partial charge in [-0.05, 0) is 30.5 Å². The van der Waals surface area contributed by atoms with Crippen molar-refractivity contribution in [3.63, 3.8) is 0 Å². The van der Waals surface area contributed by atoms with Crippen molar-refractivity contribution in [1.82, 2.24) is 29.8 Å². The summed E-state index contributed by atoms with van der Waals surface area (Å²) >= 11 is 0. The standard InChI is InChI=1S/C22H31N7/c1-6-23-22(27(4)15-19-16-28(5)26-21(19)17(2)3)24-14-18-10-7-8-11-20(18)29-13-9-12-25-29/h7-13,16-17H,6,14-15H2,1-5H3,(H,23,24). The average Bonchev–Trinajstić information content (AvgIpc) is 3.35. The number of nitrogens with one attached hydrogen (secondary N) is 1. The van der Waals surface area contributed by atoms with E-state index in [0.29, 0.717) is 12.5 Å². The third-order valence-electron chi connectivity index (χ3n) is 4.73. The van der Waals surface area contributed by atoms with Gasteiger partial charge in [0.05, 0.1) is 17.9 Å². The van der Waals surface area contributed by atoms with E-state index in [1.165, 1.54) is 5.56 Å². The van der Waals surface area contributed by atoms with Crippen LogP contribution in [0.2, 0.25) is 0 Å². The highest BCUT2D eigenvalue weighted by Crippen LogP contribution is 2.19. The van der Waals surface area contributed by atoms with E-state index in [9.17, 15) is 0 Å². The molecule has 0 amide bonds. The second-order valence-corrected chi connectivity index (χ2v) is 7.47. The quantitative estimate of drug-likeness (QED) is 0.494. The Morgan fingerprint density at radius 2 is 2.00 bits per heavy atom. The minimum atomic E-state index is 0.389. The van der Waals surface area contributed by atoms with Crippen molar-refractivity contribution in [2.75, 3.05) is 13.6 Å². The largest absolute Gasteiger partial charge is 0.357 e. The second kappa shape index (κ2) is 9.41. The molecule has 1 aromatic carbocycles. The van der Waals surface area contributed by atoms with Crippen LogP contribution in [-0.4, -0.2) is 44.0 Å². The van der Waals surface area contributed by atoms with Gasteiger partial charge in [-0.3, -0.25) is 4.68 Å². The first-order valence-electron chi connectivity index (χ1n) is 10.1. The zero-order valence-electron chi connectivity index (χ0n) is 18.0. The SMILES string of the molecule is CCNC(=NCc1ccccc1-n1cccn1)N(C)Cc1cn(C)nc1C(C)C. The van der Waals surface area contributed by atoms with Gasteiger partial charge in [0.2, 0.25) is 0 Å². The Balaban J connectivity index is 1.81. The molecule has 154 valence electrons. The Morgan fingerprint density at radius 1 is 1.21 bits per heavy atom. The minimum absolute atomic E-state index is 0.389. The highest BCUT2D eigenvalue weighted by molar-refractivity contribution is 5.79. The van der Waals surface area contributed by atoms with Crippen molar-refractivity contribution in [1.29, 1.82) is 0 Å². The van der Waals surface area contributed by atoms with Crippen molar-refractivity contribution in [2.45, 2.75) is 39.8 Å². The maximum absolute atomic E-state index is 4.89. The molecule has 0 unspecified atom stereocenters. The monoisotopic (exact) mass is 393 g/mol. The zero-order chi connectivity index (χ0) is 20.8. The first-order valence-corrected chi connectivity index (χ1v) is 10.1. The molecule has 0 fully saturated rings. The van der Waals surface area contributed by atoms with Gasteiger partial charge in [-0.2, -0.15) is 10.2 Å². The van der Waals surface area contributed by atoms with Crippen LogP contribution >= 0.6 is 0 Å². The summed E-state index contributed by atoms with van der Waals surface area (Å²) in [5.41, 5.74) is 4.55. The Kier molecular flexibility index (Phi) is 6.69. The Labute approximate surface area is 173 Å². The third-order valence-corrected chi connectivity index (χ3v) is 4.73. The number of para-hydroxylation sites is 1. The lowest BCUT2D eigenvalue weighted by atomic mass is 10.1. The fourth-order valence-corrected chi connectivity index (χ4v) is 3.40. The summed E-state index contributed by atoms with van der Waals surface area (Å²) in [4.78, 5) is 7.05. The first-order chi connectivity index (χ1) is 14.0. The number of aryl methyl sites for hydroxylation is 1. The molecule has 0 spiro atoms. The van der Waals surface area contributed by atoms with Crippen LogP contribution in [0.3, 0.4) is 0 Å². The second-order valence-electron chi connectivity index (χ2n) is 7.47. The summed E-state index contributed by atoms with van der Waals surface area (Å²) < 4.78 is 3.77. The fourth-order valence-electron chi connectivity index (χ4n) is 3.40. The molecule has 0 atom stereocenters. The topological polar surface area (TPSA) is 63.3 Å². The third kappa shape index (κ3) is 5.04. The van der Waals surface area contributed by atoms with Crippen LogP contribution in [0.15, 0.2) is 53.9 Å². The Hall–Kier alpha value is -3.09. The molecule has 0 bridgehead atoms. The zero-order valence-corrected chi connectivity index (χ0v) is 18.0. The summed E-state index contributed by atoms with van der Waals surface area (Å²) in [7, 11) is 4.04. The van der Waals surface area contributed by atoms with Crippen LogP contribution in [0.4, 0.5) is 0 Å². The van der Waals surface area contributed by atoms with Crippen molar-refractivity contribution in [3.8, 4) is 5.69 Å². The van der Waals surface area contributed by atoms with Crippen molar-refractivity contribution in [2.24, 2.45) is 12.0 Å². The summed E-state index contributed by atoms with van der Waals surface area (Å²) in [6.45, 7) is 8.59. The molecule has 7 heteroatoms. The number of hydrogen-bond acceptors (Lipinski definition) is 3. The maximum atomic E-state index is 4.89. The van der Waals surface area contributed by atoms with E-state index in [4.69, 9.17) is 4.99 Å². The minimum Gasteiger partial charge on any atom is -0.357 e. The molecule has 2 heterocycles.